The van der Waals surface area contributed by atoms with Gasteiger partial charge in [-0.15, -0.1) is 0 Å². The Kier molecular flexibility index (Phi) is 4.67. The minimum atomic E-state index is -1.03. The number of hydrogen-bond donors (Lipinski definition) is 0. The van der Waals surface area contributed by atoms with E-state index >= 15 is 0 Å². The monoisotopic (exact) mass is 188 g/mol. The molecule has 0 unspecified atom stereocenters. The van der Waals surface area contributed by atoms with E-state index in [0.717, 1.165) is 12.8 Å². The van der Waals surface area contributed by atoms with Crippen LogP contribution in [-0.2, 0) is 9.53 Å². The number of halogens is 1. The Morgan fingerprint density at radius 1 is 1.54 bits per heavy atom. The third kappa shape index (κ3) is 5.39. The van der Waals surface area contributed by atoms with Crippen LogP contribution in [0, 0.1) is 5.41 Å². The van der Waals surface area contributed by atoms with E-state index < -0.39 is 11.8 Å². The molecule has 0 N–H and O–H groups in total. The van der Waals surface area contributed by atoms with Gasteiger partial charge in [-0.25, -0.2) is 4.79 Å². The van der Waals surface area contributed by atoms with Crippen molar-refractivity contribution < 1.29 is 13.9 Å². The second-order valence-corrected chi connectivity index (χ2v) is 3.90. The highest BCUT2D eigenvalue weighted by atomic mass is 19.1. The van der Waals surface area contributed by atoms with Crippen LogP contribution in [0.4, 0.5) is 4.39 Å². The van der Waals surface area contributed by atoms with Crippen molar-refractivity contribution in [2.24, 2.45) is 5.41 Å². The smallest absolute Gasteiger partial charge is 0.366 e. The maximum atomic E-state index is 12.2. The zero-order valence-electron chi connectivity index (χ0n) is 8.52. The third-order valence-electron chi connectivity index (χ3n) is 1.74. The zero-order chi connectivity index (χ0) is 10.5. The van der Waals surface area contributed by atoms with Crippen LogP contribution in [0.25, 0.3) is 0 Å². The summed E-state index contributed by atoms with van der Waals surface area (Å²) in [6, 6.07) is 0. The topological polar surface area (TPSA) is 26.3 Å². The number of hydrogen-bond acceptors (Lipinski definition) is 2. The first-order valence-electron chi connectivity index (χ1n) is 4.40. The number of carbonyl (C=O) groups excluding carboxylic acids is 1. The molecule has 0 amide bonds. The quantitative estimate of drug-likeness (QED) is 0.490. The van der Waals surface area contributed by atoms with Crippen LogP contribution in [0.2, 0.25) is 0 Å². The molecule has 76 valence electrons. The van der Waals surface area contributed by atoms with Gasteiger partial charge in [0.2, 0.25) is 5.83 Å². The average molecular weight is 188 g/mol. The van der Waals surface area contributed by atoms with Crippen LogP contribution in [0.1, 0.15) is 33.6 Å². The Balaban J connectivity index is 3.87. The summed E-state index contributed by atoms with van der Waals surface area (Å²) in [6.45, 7) is 9.11. The lowest BCUT2D eigenvalue weighted by molar-refractivity contribution is -0.143. The number of ether oxygens (including phenoxy) is 1. The standard InChI is InChI=1S/C10H17FO2/c1-5-6-10(3,4)7-13-9(12)8(2)11/h2,5-7H2,1,3-4H3. The van der Waals surface area contributed by atoms with Gasteiger partial charge in [-0.3, -0.25) is 0 Å². The second kappa shape index (κ2) is 5.00. The molecule has 0 fully saturated rings. The van der Waals surface area contributed by atoms with Gasteiger partial charge < -0.3 is 4.74 Å². The van der Waals surface area contributed by atoms with E-state index in [1.54, 1.807) is 0 Å². The molecule has 0 aromatic heterocycles. The van der Waals surface area contributed by atoms with E-state index in [2.05, 4.69) is 13.5 Å². The lowest BCUT2D eigenvalue weighted by Gasteiger charge is -2.22. The minimum Gasteiger partial charge on any atom is -0.460 e. The molecule has 0 aliphatic carbocycles. The summed E-state index contributed by atoms with van der Waals surface area (Å²) in [5.74, 6) is -1.99. The van der Waals surface area contributed by atoms with E-state index in [1.807, 2.05) is 13.8 Å². The summed E-state index contributed by atoms with van der Waals surface area (Å²) in [5.41, 5.74) is -0.0835. The fourth-order valence-electron chi connectivity index (χ4n) is 1.09. The predicted molar refractivity (Wildman–Crippen MR) is 49.9 cm³/mol. The molecular weight excluding hydrogens is 171 g/mol. The predicted octanol–water partition coefficient (Wildman–Crippen LogP) is 2.84. The van der Waals surface area contributed by atoms with E-state index in [4.69, 9.17) is 4.74 Å². The molecule has 0 saturated heterocycles. The van der Waals surface area contributed by atoms with Crippen molar-refractivity contribution in [3.05, 3.63) is 12.4 Å². The normalized spacial score (nSPS) is 11.1. The van der Waals surface area contributed by atoms with Crippen LogP contribution in [0.15, 0.2) is 12.4 Å². The summed E-state index contributed by atoms with van der Waals surface area (Å²) >= 11 is 0. The highest BCUT2D eigenvalue weighted by Gasteiger charge is 2.19. The van der Waals surface area contributed by atoms with Crippen LogP contribution >= 0.6 is 0 Å². The largest absolute Gasteiger partial charge is 0.460 e. The van der Waals surface area contributed by atoms with Crippen LogP contribution in [0.3, 0.4) is 0 Å². The van der Waals surface area contributed by atoms with Crippen molar-refractivity contribution in [1.29, 1.82) is 0 Å². The van der Waals surface area contributed by atoms with Crippen molar-refractivity contribution in [1.82, 2.24) is 0 Å². The van der Waals surface area contributed by atoms with Gasteiger partial charge >= 0.3 is 5.97 Å². The summed E-state index contributed by atoms with van der Waals surface area (Å²) in [6.07, 6.45) is 1.96. The van der Waals surface area contributed by atoms with Gasteiger partial charge in [0.05, 0.1) is 6.61 Å². The van der Waals surface area contributed by atoms with Crippen molar-refractivity contribution in [2.45, 2.75) is 33.6 Å². The summed E-state index contributed by atoms with van der Waals surface area (Å²) in [7, 11) is 0. The van der Waals surface area contributed by atoms with E-state index in [9.17, 15) is 9.18 Å². The fourth-order valence-corrected chi connectivity index (χ4v) is 1.09. The van der Waals surface area contributed by atoms with Crippen LogP contribution < -0.4 is 0 Å². The van der Waals surface area contributed by atoms with E-state index in [0.29, 0.717) is 0 Å². The Morgan fingerprint density at radius 2 is 2.08 bits per heavy atom. The molecule has 0 bridgehead atoms. The van der Waals surface area contributed by atoms with E-state index in [-0.39, 0.29) is 12.0 Å². The fraction of sp³-hybridized carbons (Fsp3) is 0.700. The van der Waals surface area contributed by atoms with Crippen molar-refractivity contribution in [3.8, 4) is 0 Å². The lowest BCUT2D eigenvalue weighted by Crippen LogP contribution is -2.21. The second-order valence-electron chi connectivity index (χ2n) is 3.90. The van der Waals surface area contributed by atoms with E-state index in [1.165, 1.54) is 0 Å². The molecule has 0 spiro atoms. The Morgan fingerprint density at radius 3 is 2.46 bits per heavy atom. The molecule has 0 atom stereocenters. The molecular formula is C10H17FO2. The molecule has 0 aliphatic rings. The van der Waals surface area contributed by atoms with Gasteiger partial charge in [-0.2, -0.15) is 4.39 Å². The lowest BCUT2D eigenvalue weighted by atomic mass is 9.89. The van der Waals surface area contributed by atoms with Gasteiger partial charge in [0.25, 0.3) is 0 Å². The Labute approximate surface area is 78.8 Å². The molecule has 0 saturated carbocycles. The Bertz CT molecular complexity index is 197. The van der Waals surface area contributed by atoms with Crippen LogP contribution in [-0.4, -0.2) is 12.6 Å². The third-order valence-corrected chi connectivity index (χ3v) is 1.74. The number of esters is 1. The molecule has 2 nitrogen and oxygen atoms in total. The van der Waals surface area contributed by atoms with Gasteiger partial charge in [0.15, 0.2) is 0 Å². The number of carbonyl (C=O) groups is 1. The van der Waals surface area contributed by atoms with Gasteiger partial charge in [0, 0.05) is 0 Å². The first kappa shape index (κ1) is 12.1. The van der Waals surface area contributed by atoms with Gasteiger partial charge in [-0.1, -0.05) is 33.8 Å². The average Bonchev–Trinajstić information content (AvgIpc) is 2.00. The molecule has 0 aliphatic heterocycles. The maximum Gasteiger partial charge on any atom is 0.366 e. The summed E-state index contributed by atoms with van der Waals surface area (Å²) in [5, 5.41) is 0. The van der Waals surface area contributed by atoms with Crippen molar-refractivity contribution >= 4 is 5.97 Å². The highest BCUT2D eigenvalue weighted by Crippen LogP contribution is 2.22. The van der Waals surface area contributed by atoms with Gasteiger partial charge in [0.1, 0.15) is 0 Å². The molecule has 0 rings (SSSR count). The summed E-state index contributed by atoms with van der Waals surface area (Å²) in [4.78, 5) is 10.7. The molecule has 0 aromatic rings. The van der Waals surface area contributed by atoms with Crippen molar-refractivity contribution in [3.63, 3.8) is 0 Å². The Hall–Kier alpha value is -0.860. The molecule has 0 radical (unpaired) electrons. The number of rotatable bonds is 5. The molecule has 13 heavy (non-hydrogen) atoms. The summed E-state index contributed by atoms with van der Waals surface area (Å²) < 4.78 is 16.9. The molecule has 0 aromatic carbocycles. The first-order chi connectivity index (χ1) is 5.89. The SMILES string of the molecule is C=C(F)C(=O)OCC(C)(C)CCC. The minimum absolute atomic E-state index is 0.0835. The first-order valence-corrected chi connectivity index (χ1v) is 4.40. The van der Waals surface area contributed by atoms with Crippen LogP contribution in [0.5, 0.6) is 0 Å². The molecule has 3 heteroatoms. The van der Waals surface area contributed by atoms with Crippen molar-refractivity contribution in [2.75, 3.05) is 6.61 Å². The molecule has 0 heterocycles. The zero-order valence-corrected chi connectivity index (χ0v) is 8.52. The van der Waals surface area contributed by atoms with Gasteiger partial charge in [-0.05, 0) is 11.8 Å². The maximum absolute atomic E-state index is 12.2. The highest BCUT2D eigenvalue weighted by molar-refractivity contribution is 5.85.